The first-order valence-electron chi connectivity index (χ1n) is 9.76. The number of rotatable bonds is 4. The largest absolute Gasteiger partial charge is 0.334 e. The Morgan fingerprint density at radius 2 is 1.87 bits per heavy atom. The van der Waals surface area contributed by atoms with Gasteiger partial charge in [0.15, 0.2) is 5.82 Å². The van der Waals surface area contributed by atoms with Crippen molar-refractivity contribution < 1.29 is 13.6 Å². The molecule has 0 saturated carbocycles. The number of hydrogen-bond acceptors (Lipinski definition) is 4. The summed E-state index contributed by atoms with van der Waals surface area (Å²) in [5.41, 5.74) is 0.620. The molecule has 1 aliphatic heterocycles. The van der Waals surface area contributed by atoms with E-state index in [9.17, 15) is 13.6 Å². The molecule has 0 aliphatic carbocycles. The van der Waals surface area contributed by atoms with Gasteiger partial charge in [0.1, 0.15) is 11.6 Å². The third kappa shape index (κ3) is 3.42. The summed E-state index contributed by atoms with van der Waals surface area (Å²) >= 11 is 1.46. The van der Waals surface area contributed by atoms with Gasteiger partial charge in [-0.25, -0.2) is 18.4 Å². The van der Waals surface area contributed by atoms with Gasteiger partial charge in [0.05, 0.1) is 10.6 Å². The van der Waals surface area contributed by atoms with Crippen LogP contribution in [0.25, 0.3) is 16.4 Å². The summed E-state index contributed by atoms with van der Waals surface area (Å²) in [5, 5.41) is 6.30. The molecule has 4 aromatic rings. The van der Waals surface area contributed by atoms with E-state index >= 15 is 0 Å². The Morgan fingerprint density at radius 1 is 1.06 bits per heavy atom. The smallest absolute Gasteiger partial charge is 0.293 e. The number of likely N-dealkylation sites (tertiary alicyclic amines) is 1. The summed E-state index contributed by atoms with van der Waals surface area (Å²) in [6.07, 6.45) is 0. The molecular formula is C23H18F2N4OS. The van der Waals surface area contributed by atoms with Gasteiger partial charge in [-0.2, -0.15) is 0 Å². The van der Waals surface area contributed by atoms with E-state index in [-0.39, 0.29) is 17.5 Å². The van der Waals surface area contributed by atoms with Gasteiger partial charge in [0.25, 0.3) is 5.91 Å². The topological polar surface area (TPSA) is 51.0 Å². The number of halogens is 2. The molecule has 2 aromatic heterocycles. The molecule has 0 radical (unpaired) electrons. The van der Waals surface area contributed by atoms with Gasteiger partial charge >= 0.3 is 0 Å². The van der Waals surface area contributed by atoms with Gasteiger partial charge in [-0.3, -0.25) is 4.79 Å². The fourth-order valence-corrected chi connectivity index (χ4v) is 4.66. The molecule has 5 nitrogen and oxygen atoms in total. The maximum Gasteiger partial charge on any atom is 0.293 e. The van der Waals surface area contributed by atoms with Crippen LogP contribution in [0.3, 0.4) is 0 Å². The molecule has 1 amide bonds. The van der Waals surface area contributed by atoms with Crippen LogP contribution in [-0.2, 0) is 5.41 Å². The Kier molecular flexibility index (Phi) is 4.66. The molecule has 0 spiro atoms. The molecule has 156 valence electrons. The third-order valence-corrected chi connectivity index (χ3v) is 6.35. The summed E-state index contributed by atoms with van der Waals surface area (Å²) < 4.78 is 29.5. The Labute approximate surface area is 181 Å². The molecule has 0 unspecified atom stereocenters. The zero-order chi connectivity index (χ0) is 21.6. The van der Waals surface area contributed by atoms with Crippen molar-refractivity contribution in [3.05, 3.63) is 89.1 Å². The lowest BCUT2D eigenvalue weighted by atomic mass is 9.75. The molecule has 1 fully saturated rings. The third-order valence-electron chi connectivity index (χ3n) is 5.48. The van der Waals surface area contributed by atoms with Gasteiger partial charge in [0, 0.05) is 18.5 Å². The summed E-state index contributed by atoms with van der Waals surface area (Å²) in [4.78, 5) is 20.0. The van der Waals surface area contributed by atoms with Gasteiger partial charge in [0.2, 0.25) is 5.82 Å². The van der Waals surface area contributed by atoms with Crippen molar-refractivity contribution in [2.45, 2.75) is 12.3 Å². The minimum atomic E-state index is -0.456. The highest BCUT2D eigenvalue weighted by molar-refractivity contribution is 7.13. The van der Waals surface area contributed by atoms with Crippen LogP contribution in [0.15, 0.2) is 66.0 Å². The zero-order valence-electron chi connectivity index (χ0n) is 16.6. The molecule has 0 N–H and O–H groups in total. The van der Waals surface area contributed by atoms with Crippen molar-refractivity contribution in [1.29, 1.82) is 0 Å². The fourth-order valence-electron chi connectivity index (χ4n) is 3.96. The first kappa shape index (κ1) is 19.6. The molecule has 3 heterocycles. The molecule has 0 atom stereocenters. The number of aromatic nitrogens is 3. The number of carbonyl (C=O) groups excluding carboxylic acids is 1. The average Bonchev–Trinajstić information content (AvgIpc) is 3.41. The predicted octanol–water partition coefficient (Wildman–Crippen LogP) is 4.69. The number of carbonyl (C=O) groups is 1. The van der Waals surface area contributed by atoms with E-state index in [1.807, 2.05) is 24.4 Å². The highest BCUT2D eigenvalue weighted by Crippen LogP contribution is 2.36. The molecule has 0 bridgehead atoms. The monoisotopic (exact) mass is 436 g/mol. The highest BCUT2D eigenvalue weighted by atomic mass is 32.1. The number of nitrogens with zero attached hydrogens (tertiary/aromatic N) is 4. The van der Waals surface area contributed by atoms with Gasteiger partial charge in [-0.1, -0.05) is 37.3 Å². The van der Waals surface area contributed by atoms with E-state index in [4.69, 9.17) is 0 Å². The van der Waals surface area contributed by atoms with E-state index in [1.54, 1.807) is 35.2 Å². The normalized spacial score (nSPS) is 15.0. The zero-order valence-corrected chi connectivity index (χ0v) is 17.4. The van der Waals surface area contributed by atoms with Crippen LogP contribution in [0, 0.1) is 11.6 Å². The van der Waals surface area contributed by atoms with E-state index in [2.05, 4.69) is 10.1 Å². The van der Waals surface area contributed by atoms with Crippen LogP contribution in [0.5, 0.6) is 0 Å². The number of hydrogen-bond donors (Lipinski definition) is 0. The lowest BCUT2D eigenvalue weighted by molar-refractivity contribution is 0.0413. The van der Waals surface area contributed by atoms with Crippen molar-refractivity contribution in [3.63, 3.8) is 0 Å². The van der Waals surface area contributed by atoms with Crippen molar-refractivity contribution in [2.75, 3.05) is 13.1 Å². The molecular weight excluding hydrogens is 418 g/mol. The Morgan fingerprint density at radius 3 is 2.58 bits per heavy atom. The number of amides is 1. The van der Waals surface area contributed by atoms with Crippen LogP contribution in [-0.4, -0.2) is 38.7 Å². The Balaban J connectivity index is 1.45. The van der Waals surface area contributed by atoms with Gasteiger partial charge in [-0.15, -0.1) is 16.4 Å². The first-order valence-corrected chi connectivity index (χ1v) is 10.6. The Hall–Kier alpha value is -3.39. The summed E-state index contributed by atoms with van der Waals surface area (Å²) in [6.45, 7) is 2.68. The summed E-state index contributed by atoms with van der Waals surface area (Å²) in [6, 6.07) is 16.4. The lowest BCUT2D eigenvalue weighted by Crippen LogP contribution is -2.60. The van der Waals surface area contributed by atoms with E-state index in [0.29, 0.717) is 30.2 Å². The Bertz CT molecular complexity index is 1260. The van der Waals surface area contributed by atoms with Crippen LogP contribution in [0.1, 0.15) is 23.1 Å². The second-order valence-electron chi connectivity index (χ2n) is 7.83. The predicted molar refractivity (Wildman–Crippen MR) is 114 cm³/mol. The first-order chi connectivity index (χ1) is 14.9. The molecule has 1 saturated heterocycles. The minimum Gasteiger partial charge on any atom is -0.334 e. The second kappa shape index (κ2) is 7.39. The van der Waals surface area contributed by atoms with Crippen molar-refractivity contribution >= 4 is 17.2 Å². The fraction of sp³-hybridized carbons (Fsp3) is 0.174. The van der Waals surface area contributed by atoms with E-state index < -0.39 is 11.2 Å². The average molecular weight is 436 g/mol. The minimum absolute atomic E-state index is 0.0308. The van der Waals surface area contributed by atoms with E-state index in [1.165, 1.54) is 34.2 Å². The van der Waals surface area contributed by atoms with E-state index in [0.717, 1.165) is 4.88 Å². The summed E-state index contributed by atoms with van der Waals surface area (Å²) in [5.74, 6) is -0.502. The maximum atomic E-state index is 14.2. The quantitative estimate of drug-likeness (QED) is 0.467. The number of thiophene rings is 1. The molecule has 8 heteroatoms. The van der Waals surface area contributed by atoms with Gasteiger partial charge in [-0.05, 0) is 41.3 Å². The molecule has 5 rings (SSSR count). The van der Waals surface area contributed by atoms with Gasteiger partial charge < -0.3 is 4.90 Å². The van der Waals surface area contributed by atoms with Crippen LogP contribution in [0.2, 0.25) is 0 Å². The van der Waals surface area contributed by atoms with Crippen LogP contribution >= 0.6 is 11.3 Å². The lowest BCUT2D eigenvalue weighted by Gasteiger charge is -2.48. The van der Waals surface area contributed by atoms with Crippen LogP contribution < -0.4 is 0 Å². The van der Waals surface area contributed by atoms with Crippen molar-refractivity contribution in [1.82, 2.24) is 19.7 Å². The SMILES string of the molecule is CC1(c2ccccc2F)CN(C(=O)c2nc(-c3cccs3)n(-c3cccc(F)c3)n2)C1. The summed E-state index contributed by atoms with van der Waals surface area (Å²) in [7, 11) is 0. The molecule has 31 heavy (non-hydrogen) atoms. The maximum absolute atomic E-state index is 14.2. The number of benzene rings is 2. The molecule has 2 aromatic carbocycles. The van der Waals surface area contributed by atoms with Crippen molar-refractivity contribution in [3.8, 4) is 16.4 Å². The second-order valence-corrected chi connectivity index (χ2v) is 8.78. The van der Waals surface area contributed by atoms with Crippen LogP contribution in [0.4, 0.5) is 8.78 Å². The standard InChI is InChI=1S/C23H18F2N4OS/c1-23(17-8-2-3-9-18(17)25)13-28(14-23)22(30)20-26-21(19-10-5-11-31-19)29(27-20)16-7-4-6-15(24)12-16/h2-12H,13-14H2,1H3. The van der Waals surface area contributed by atoms with Crippen molar-refractivity contribution in [2.24, 2.45) is 0 Å². The highest BCUT2D eigenvalue weighted by Gasteiger charge is 2.45. The molecule has 1 aliphatic rings.